The first kappa shape index (κ1) is 23.3. The fraction of sp³-hybridized carbons (Fsp3) is 0.562. The average Bonchev–Trinajstić information content (AvgIpc) is 2.92. The van der Waals surface area contributed by atoms with Crippen LogP contribution in [0.1, 0.15) is 5.56 Å². The molecule has 1 amide bonds. The summed E-state index contributed by atoms with van der Waals surface area (Å²) in [5.41, 5.74) is 2.75. The lowest BCUT2D eigenvalue weighted by Crippen LogP contribution is -2.48. The molecule has 0 bridgehead atoms. The summed E-state index contributed by atoms with van der Waals surface area (Å²) >= 11 is 0. The molecule has 2 aliphatic rings. The number of carbonyl (C=O) groups is 1. The van der Waals surface area contributed by atoms with Crippen molar-refractivity contribution in [2.75, 3.05) is 57.3 Å². The van der Waals surface area contributed by atoms with Crippen molar-refractivity contribution in [3.05, 3.63) is 29.8 Å². The number of amides is 1. The highest BCUT2D eigenvalue weighted by Crippen LogP contribution is 2.26. The molecule has 1 aromatic carbocycles. The van der Waals surface area contributed by atoms with Gasteiger partial charge in [0.05, 0.1) is 6.54 Å². The summed E-state index contributed by atoms with van der Waals surface area (Å²) in [7, 11) is 0. The quantitative estimate of drug-likeness (QED) is 0.787. The van der Waals surface area contributed by atoms with Crippen molar-refractivity contribution in [3.63, 3.8) is 0 Å². The Balaban J connectivity index is 0.00000176. The molecule has 1 fully saturated rings. The van der Waals surface area contributed by atoms with Gasteiger partial charge in [-0.3, -0.25) is 9.69 Å². The van der Waals surface area contributed by atoms with Crippen molar-refractivity contribution in [2.24, 2.45) is 0 Å². The normalized spacial score (nSPS) is 16.2. The molecule has 138 valence electrons. The third-order valence-corrected chi connectivity index (χ3v) is 4.26. The van der Waals surface area contributed by atoms with E-state index in [2.05, 4.69) is 44.7 Å². The Morgan fingerprint density at radius 1 is 1.08 bits per heavy atom. The summed E-state index contributed by atoms with van der Waals surface area (Å²) in [5.74, 6) is 0.143. The van der Waals surface area contributed by atoms with Gasteiger partial charge in [0.25, 0.3) is 0 Å². The van der Waals surface area contributed by atoms with Crippen molar-refractivity contribution >= 4 is 48.8 Å². The number of hydrogen-bond acceptors (Lipinski definition) is 4. The van der Waals surface area contributed by atoms with Crippen molar-refractivity contribution in [1.29, 1.82) is 0 Å². The minimum atomic E-state index is 0. The van der Waals surface area contributed by atoms with Crippen molar-refractivity contribution in [1.82, 2.24) is 15.5 Å². The molecule has 24 heavy (non-hydrogen) atoms. The summed E-state index contributed by atoms with van der Waals surface area (Å²) in [4.78, 5) is 16.5. The van der Waals surface area contributed by atoms with Gasteiger partial charge in [0, 0.05) is 51.5 Å². The van der Waals surface area contributed by atoms with Gasteiger partial charge in [-0.05, 0) is 18.1 Å². The fourth-order valence-electron chi connectivity index (χ4n) is 3.10. The third kappa shape index (κ3) is 6.30. The molecule has 8 heteroatoms. The van der Waals surface area contributed by atoms with Gasteiger partial charge in [-0.15, -0.1) is 37.2 Å². The van der Waals surface area contributed by atoms with Crippen LogP contribution in [-0.2, 0) is 11.2 Å². The van der Waals surface area contributed by atoms with Crippen LogP contribution in [0.3, 0.4) is 0 Å². The minimum Gasteiger partial charge on any atom is -0.369 e. The molecule has 2 aliphatic heterocycles. The number of nitrogens with zero attached hydrogens (tertiary/aromatic N) is 2. The SMILES string of the molecule is Cl.Cl.Cl.O=C(CN1CCNCC1)NCCN1CCc2ccccc21. The van der Waals surface area contributed by atoms with Crippen LogP contribution in [-0.4, -0.2) is 63.2 Å². The number of anilines is 1. The molecule has 0 atom stereocenters. The molecule has 1 aromatic rings. The molecule has 5 nitrogen and oxygen atoms in total. The number of para-hydroxylation sites is 1. The summed E-state index contributed by atoms with van der Waals surface area (Å²) in [6.07, 6.45) is 1.12. The van der Waals surface area contributed by atoms with Crippen molar-refractivity contribution in [3.8, 4) is 0 Å². The van der Waals surface area contributed by atoms with Crippen LogP contribution < -0.4 is 15.5 Å². The Hall–Kier alpha value is -0.720. The van der Waals surface area contributed by atoms with E-state index in [1.807, 2.05) is 0 Å². The van der Waals surface area contributed by atoms with E-state index in [0.29, 0.717) is 6.54 Å². The lowest BCUT2D eigenvalue weighted by molar-refractivity contribution is -0.122. The van der Waals surface area contributed by atoms with Crippen LogP contribution in [0, 0.1) is 0 Å². The van der Waals surface area contributed by atoms with Crippen LogP contribution in [0.15, 0.2) is 24.3 Å². The number of carbonyl (C=O) groups excluding carboxylic acids is 1. The Kier molecular flexibility index (Phi) is 11.4. The maximum atomic E-state index is 11.9. The van der Waals surface area contributed by atoms with E-state index in [-0.39, 0.29) is 43.1 Å². The zero-order valence-electron chi connectivity index (χ0n) is 13.7. The number of fused-ring (bicyclic) bond motifs is 1. The monoisotopic (exact) mass is 396 g/mol. The van der Waals surface area contributed by atoms with Crippen molar-refractivity contribution in [2.45, 2.75) is 6.42 Å². The van der Waals surface area contributed by atoms with E-state index in [4.69, 9.17) is 0 Å². The molecule has 0 radical (unpaired) electrons. The van der Waals surface area contributed by atoms with E-state index < -0.39 is 0 Å². The lowest BCUT2D eigenvalue weighted by Gasteiger charge is -2.26. The summed E-state index contributed by atoms with van der Waals surface area (Å²) in [5, 5.41) is 6.34. The summed E-state index contributed by atoms with van der Waals surface area (Å²) < 4.78 is 0. The number of halogens is 3. The van der Waals surface area contributed by atoms with Gasteiger partial charge in [-0.25, -0.2) is 0 Å². The molecule has 1 saturated heterocycles. The van der Waals surface area contributed by atoms with E-state index in [1.54, 1.807) is 0 Å². The highest BCUT2D eigenvalue weighted by molar-refractivity contribution is 5.86. The number of hydrogen-bond donors (Lipinski definition) is 2. The largest absolute Gasteiger partial charge is 0.369 e. The molecule has 2 N–H and O–H groups in total. The van der Waals surface area contributed by atoms with Crippen LogP contribution in [0.25, 0.3) is 0 Å². The molecule has 0 unspecified atom stereocenters. The van der Waals surface area contributed by atoms with E-state index in [9.17, 15) is 4.79 Å². The molecule has 0 spiro atoms. The zero-order chi connectivity index (χ0) is 14.5. The highest BCUT2D eigenvalue weighted by Gasteiger charge is 2.18. The van der Waals surface area contributed by atoms with Crippen molar-refractivity contribution < 1.29 is 4.79 Å². The summed E-state index contributed by atoms with van der Waals surface area (Å²) in [6.45, 7) is 7.10. The van der Waals surface area contributed by atoms with Crippen LogP contribution in [0.5, 0.6) is 0 Å². The van der Waals surface area contributed by atoms with E-state index in [1.165, 1.54) is 11.3 Å². The first-order valence-corrected chi connectivity index (χ1v) is 7.85. The van der Waals surface area contributed by atoms with Gasteiger partial charge in [0.15, 0.2) is 0 Å². The Labute approximate surface area is 162 Å². The van der Waals surface area contributed by atoms with Crippen LogP contribution >= 0.6 is 37.2 Å². The predicted octanol–water partition coefficient (Wildman–Crippen LogP) is 1.34. The van der Waals surface area contributed by atoms with Gasteiger partial charge >= 0.3 is 0 Å². The first-order chi connectivity index (χ1) is 10.3. The second-order valence-corrected chi connectivity index (χ2v) is 5.74. The maximum Gasteiger partial charge on any atom is 0.234 e. The third-order valence-electron chi connectivity index (χ3n) is 4.26. The molecular weight excluding hydrogens is 371 g/mol. The smallest absolute Gasteiger partial charge is 0.234 e. The van der Waals surface area contributed by atoms with Gasteiger partial charge in [0.2, 0.25) is 5.91 Å². The number of nitrogens with one attached hydrogen (secondary N) is 2. The molecule has 0 saturated carbocycles. The number of piperazine rings is 1. The standard InChI is InChI=1S/C16H24N4O.3ClH/c21-16(13-19-10-6-17-7-11-19)18-8-12-20-9-5-14-3-1-2-4-15(14)20;;;/h1-4,17H,5-13H2,(H,18,21);3*1H. The second kappa shape index (κ2) is 11.8. The van der Waals surface area contributed by atoms with Gasteiger partial charge in [-0.1, -0.05) is 18.2 Å². The Morgan fingerprint density at radius 2 is 1.79 bits per heavy atom. The predicted molar refractivity (Wildman–Crippen MR) is 106 cm³/mol. The van der Waals surface area contributed by atoms with Gasteiger partial charge in [0.1, 0.15) is 0 Å². The number of benzene rings is 1. The zero-order valence-corrected chi connectivity index (χ0v) is 16.2. The highest BCUT2D eigenvalue weighted by atomic mass is 35.5. The van der Waals surface area contributed by atoms with Gasteiger partial charge in [-0.2, -0.15) is 0 Å². The molecular formula is C16H27Cl3N4O. The molecule has 2 heterocycles. The Bertz CT molecular complexity index is 498. The van der Waals surface area contributed by atoms with Crippen LogP contribution in [0.4, 0.5) is 5.69 Å². The average molecular weight is 398 g/mol. The Morgan fingerprint density at radius 3 is 2.54 bits per heavy atom. The molecule has 3 rings (SSSR count). The van der Waals surface area contributed by atoms with E-state index >= 15 is 0 Å². The fourth-order valence-corrected chi connectivity index (χ4v) is 3.10. The van der Waals surface area contributed by atoms with Gasteiger partial charge < -0.3 is 15.5 Å². The van der Waals surface area contributed by atoms with E-state index in [0.717, 1.165) is 52.2 Å². The summed E-state index contributed by atoms with van der Waals surface area (Å²) in [6, 6.07) is 8.54. The van der Waals surface area contributed by atoms with Crippen LogP contribution in [0.2, 0.25) is 0 Å². The maximum absolute atomic E-state index is 11.9. The number of rotatable bonds is 5. The minimum absolute atomic E-state index is 0. The topological polar surface area (TPSA) is 47.6 Å². The second-order valence-electron chi connectivity index (χ2n) is 5.74. The molecule has 0 aromatic heterocycles. The first-order valence-electron chi connectivity index (χ1n) is 7.85. The lowest BCUT2D eigenvalue weighted by atomic mass is 10.2. The molecule has 0 aliphatic carbocycles.